The quantitative estimate of drug-likeness (QED) is 0.114. The van der Waals surface area contributed by atoms with Gasteiger partial charge < -0.3 is 24.3 Å². The molecule has 1 aromatic carbocycles. The van der Waals surface area contributed by atoms with Gasteiger partial charge in [0.1, 0.15) is 24.0 Å². The van der Waals surface area contributed by atoms with Crippen LogP contribution in [0.3, 0.4) is 0 Å². The molecule has 0 fully saturated rings. The first-order valence-corrected chi connectivity index (χ1v) is 16.2. The van der Waals surface area contributed by atoms with Crippen molar-refractivity contribution in [3.63, 3.8) is 0 Å². The van der Waals surface area contributed by atoms with Gasteiger partial charge in [0.15, 0.2) is 5.82 Å². The van der Waals surface area contributed by atoms with Crippen LogP contribution in [0.4, 0.5) is 5.82 Å². The summed E-state index contributed by atoms with van der Waals surface area (Å²) in [6, 6.07) is 11.7. The standard InChI is InChI=1S/C30H41N6O6P/c1-6-12-22(36-25(19-39-7-2)34-27-28(36)23-13-8-9-14-24(23)33-29(27)31)16-18-40-43(38,42-26-15-10-11-17-32-26)35-21(5)30(37)41-20(3)4/h8-11,13-15,17,20-22H,6-7,12,16,18-19H2,1-5H3,(H2,31,33)(H,35,38)/t21-,22-,43+/m0/s1. The number of pyridine rings is 2. The Morgan fingerprint density at radius 2 is 1.84 bits per heavy atom. The van der Waals surface area contributed by atoms with Crippen molar-refractivity contribution >= 4 is 41.5 Å². The fourth-order valence-corrected chi connectivity index (χ4v) is 6.30. The van der Waals surface area contributed by atoms with Gasteiger partial charge in [0.2, 0.25) is 5.88 Å². The summed E-state index contributed by atoms with van der Waals surface area (Å²) in [5.41, 5.74) is 8.63. The van der Waals surface area contributed by atoms with E-state index < -0.39 is 19.8 Å². The van der Waals surface area contributed by atoms with Crippen LogP contribution in [-0.2, 0) is 30.0 Å². The van der Waals surface area contributed by atoms with Crippen molar-refractivity contribution in [3.8, 4) is 5.88 Å². The van der Waals surface area contributed by atoms with Crippen LogP contribution in [0.25, 0.3) is 21.9 Å². The lowest BCUT2D eigenvalue weighted by molar-refractivity contribution is -0.149. The van der Waals surface area contributed by atoms with Crippen molar-refractivity contribution in [3.05, 3.63) is 54.5 Å². The topological polar surface area (TPSA) is 153 Å². The SMILES string of the molecule is CCC[C@@H](CCO[P@](=O)(N[C@@H](C)C(=O)OC(C)C)Oc1ccccn1)n1c(COCC)nc2c(N)nc3ccccc3c21. The Morgan fingerprint density at radius 1 is 1.07 bits per heavy atom. The Labute approximate surface area is 251 Å². The maximum Gasteiger partial charge on any atom is 0.460 e. The monoisotopic (exact) mass is 612 g/mol. The van der Waals surface area contributed by atoms with Gasteiger partial charge in [-0.25, -0.2) is 19.5 Å². The van der Waals surface area contributed by atoms with Gasteiger partial charge in [-0.2, -0.15) is 5.09 Å². The first kappa shape index (κ1) is 32.3. The number of nitrogens with zero attached hydrogens (tertiary/aromatic N) is 4. The summed E-state index contributed by atoms with van der Waals surface area (Å²) in [5.74, 6) is 0.588. The van der Waals surface area contributed by atoms with Crippen molar-refractivity contribution in [1.82, 2.24) is 24.6 Å². The zero-order valence-electron chi connectivity index (χ0n) is 25.4. The first-order chi connectivity index (χ1) is 20.7. The van der Waals surface area contributed by atoms with Crippen LogP contribution in [0.15, 0.2) is 48.7 Å². The highest BCUT2D eigenvalue weighted by Crippen LogP contribution is 2.45. The molecule has 0 amide bonds. The van der Waals surface area contributed by atoms with Crippen molar-refractivity contribution in [1.29, 1.82) is 0 Å². The summed E-state index contributed by atoms with van der Waals surface area (Å²) >= 11 is 0. The van der Waals surface area contributed by atoms with Crippen molar-refractivity contribution < 1.29 is 27.9 Å². The molecule has 12 nitrogen and oxygen atoms in total. The number of anilines is 1. The molecule has 3 atom stereocenters. The molecule has 0 spiro atoms. The van der Waals surface area contributed by atoms with E-state index in [4.69, 9.17) is 29.2 Å². The zero-order valence-corrected chi connectivity index (χ0v) is 26.3. The van der Waals surface area contributed by atoms with Gasteiger partial charge in [-0.1, -0.05) is 37.6 Å². The number of fused-ring (bicyclic) bond motifs is 3. The van der Waals surface area contributed by atoms with Gasteiger partial charge in [-0.3, -0.25) is 9.32 Å². The molecule has 4 rings (SSSR count). The smallest absolute Gasteiger partial charge is 0.460 e. The van der Waals surface area contributed by atoms with Crippen LogP contribution < -0.4 is 15.3 Å². The van der Waals surface area contributed by atoms with Crippen LogP contribution in [-0.4, -0.2) is 50.8 Å². The number of benzene rings is 1. The number of carbonyl (C=O) groups is 1. The molecule has 0 radical (unpaired) electrons. The average Bonchev–Trinajstić information content (AvgIpc) is 3.36. The van der Waals surface area contributed by atoms with Crippen LogP contribution in [0.5, 0.6) is 5.88 Å². The number of hydrogen-bond donors (Lipinski definition) is 2. The molecule has 0 bridgehead atoms. The highest BCUT2D eigenvalue weighted by Gasteiger charge is 2.33. The number of para-hydroxylation sites is 1. The number of nitrogens with two attached hydrogens (primary N) is 1. The lowest BCUT2D eigenvalue weighted by Gasteiger charge is -2.25. The maximum absolute atomic E-state index is 14.0. The Balaban J connectivity index is 1.65. The number of esters is 1. The van der Waals surface area contributed by atoms with E-state index in [9.17, 15) is 9.36 Å². The number of hydrogen-bond acceptors (Lipinski definition) is 10. The second-order valence-corrected chi connectivity index (χ2v) is 12.1. The summed E-state index contributed by atoms with van der Waals surface area (Å²) in [4.78, 5) is 26.1. The minimum Gasteiger partial charge on any atom is -0.462 e. The van der Waals surface area contributed by atoms with E-state index in [0.717, 1.165) is 35.1 Å². The van der Waals surface area contributed by atoms with E-state index in [1.165, 1.54) is 6.20 Å². The Hall–Kier alpha value is -3.57. The number of carbonyl (C=O) groups excluding carboxylic acids is 1. The van der Waals surface area contributed by atoms with E-state index in [1.54, 1.807) is 39.0 Å². The molecule has 0 saturated heterocycles. The third-order valence-electron chi connectivity index (χ3n) is 6.67. The molecule has 43 heavy (non-hydrogen) atoms. The first-order valence-electron chi connectivity index (χ1n) is 14.6. The lowest BCUT2D eigenvalue weighted by atomic mass is 10.1. The Bertz CT molecular complexity index is 1560. The largest absolute Gasteiger partial charge is 0.462 e. The molecule has 3 N–H and O–H groups in total. The van der Waals surface area contributed by atoms with Gasteiger partial charge in [0.25, 0.3) is 0 Å². The second kappa shape index (κ2) is 14.7. The number of imidazole rings is 1. The third kappa shape index (κ3) is 8.08. The highest BCUT2D eigenvalue weighted by molar-refractivity contribution is 7.52. The van der Waals surface area contributed by atoms with Gasteiger partial charge >= 0.3 is 13.7 Å². The van der Waals surface area contributed by atoms with Gasteiger partial charge in [0, 0.05) is 30.3 Å². The number of nitrogen functional groups attached to an aromatic ring is 1. The zero-order chi connectivity index (χ0) is 31.0. The summed E-state index contributed by atoms with van der Waals surface area (Å²) in [6.45, 7) is 9.91. The number of aromatic nitrogens is 4. The summed E-state index contributed by atoms with van der Waals surface area (Å²) < 4.78 is 38.9. The molecule has 3 heterocycles. The fraction of sp³-hybridized carbons (Fsp3) is 0.467. The third-order valence-corrected chi connectivity index (χ3v) is 8.32. The van der Waals surface area contributed by atoms with Crippen molar-refractivity contribution in [2.75, 3.05) is 18.9 Å². The minimum atomic E-state index is -4.06. The van der Waals surface area contributed by atoms with Gasteiger partial charge in [-0.05, 0) is 52.7 Å². The second-order valence-electron chi connectivity index (χ2n) is 10.4. The molecule has 0 saturated carbocycles. The van der Waals surface area contributed by atoms with Crippen LogP contribution >= 0.6 is 7.75 Å². The Morgan fingerprint density at radius 3 is 2.53 bits per heavy atom. The van der Waals surface area contributed by atoms with E-state index in [0.29, 0.717) is 31.0 Å². The van der Waals surface area contributed by atoms with Gasteiger partial charge in [0.05, 0.1) is 23.7 Å². The highest BCUT2D eigenvalue weighted by atomic mass is 31.2. The summed E-state index contributed by atoms with van der Waals surface area (Å²) in [6.07, 6.45) is 3.29. The van der Waals surface area contributed by atoms with E-state index in [1.807, 2.05) is 31.2 Å². The predicted octanol–water partition coefficient (Wildman–Crippen LogP) is 5.96. The molecule has 0 unspecified atom stereocenters. The van der Waals surface area contributed by atoms with E-state index in [2.05, 4.69) is 26.5 Å². The molecular formula is C30H41N6O6P. The average molecular weight is 613 g/mol. The Kier molecular flexibility index (Phi) is 11.1. The molecule has 0 aliphatic heterocycles. The number of rotatable bonds is 16. The van der Waals surface area contributed by atoms with E-state index >= 15 is 0 Å². The molecule has 4 aromatic rings. The molecule has 232 valence electrons. The molecule has 3 aromatic heterocycles. The van der Waals surface area contributed by atoms with Gasteiger partial charge in [-0.15, -0.1) is 0 Å². The summed E-state index contributed by atoms with van der Waals surface area (Å²) in [7, 11) is -4.06. The fourth-order valence-electron chi connectivity index (χ4n) is 4.84. The predicted molar refractivity (Wildman–Crippen MR) is 166 cm³/mol. The molecule has 13 heteroatoms. The molecule has 0 aliphatic carbocycles. The lowest BCUT2D eigenvalue weighted by Crippen LogP contribution is -2.36. The minimum absolute atomic E-state index is 0.0416. The van der Waals surface area contributed by atoms with Crippen LogP contribution in [0.2, 0.25) is 0 Å². The number of nitrogens with one attached hydrogen (secondary N) is 1. The summed E-state index contributed by atoms with van der Waals surface area (Å²) in [5, 5.41) is 3.64. The van der Waals surface area contributed by atoms with Crippen molar-refractivity contribution in [2.24, 2.45) is 0 Å². The van der Waals surface area contributed by atoms with Crippen LogP contribution in [0.1, 0.15) is 65.7 Å². The maximum atomic E-state index is 14.0. The number of ether oxygens (including phenoxy) is 2. The molecule has 0 aliphatic rings. The van der Waals surface area contributed by atoms with Crippen molar-refractivity contribution in [2.45, 2.75) is 78.7 Å². The van der Waals surface area contributed by atoms with Crippen LogP contribution in [0, 0.1) is 0 Å². The van der Waals surface area contributed by atoms with E-state index in [-0.39, 0.29) is 24.6 Å². The molecular weight excluding hydrogens is 571 g/mol. The normalized spacial score (nSPS) is 14.6.